The first kappa shape index (κ1) is 24.7. The molecule has 4 rings (SSSR count). The van der Waals surface area contributed by atoms with E-state index < -0.39 is 0 Å². The third-order valence-electron chi connectivity index (χ3n) is 6.64. The number of thiophene rings is 1. The third-order valence-corrected chi connectivity index (χ3v) is 7.78. The molecule has 0 amide bonds. The average molecular weight is 519 g/mol. The summed E-state index contributed by atoms with van der Waals surface area (Å²) in [4.78, 5) is 13.7. The van der Waals surface area contributed by atoms with Gasteiger partial charge in [0.2, 0.25) is 0 Å². The van der Waals surface area contributed by atoms with Crippen LogP contribution in [0.2, 0.25) is 0 Å². The Hall–Kier alpha value is -1.89. The van der Waals surface area contributed by atoms with Crippen LogP contribution in [-0.4, -0.2) is 44.6 Å². The molecule has 1 saturated heterocycles. The number of halogens is 1. The zero-order chi connectivity index (χ0) is 21.8. The minimum absolute atomic E-state index is 0. The molecule has 1 aliphatic heterocycles. The van der Waals surface area contributed by atoms with Crippen LogP contribution >= 0.6 is 11.3 Å². The quantitative estimate of drug-likeness (QED) is 0.340. The summed E-state index contributed by atoms with van der Waals surface area (Å²) in [6, 6.07) is 16.7. The summed E-state index contributed by atoms with van der Waals surface area (Å²) in [6.45, 7) is 3.48. The number of likely N-dealkylation sites (tertiary alicyclic amines) is 1. The zero-order valence-electron chi connectivity index (χ0n) is 19.1. The van der Waals surface area contributed by atoms with Crippen molar-refractivity contribution < 1.29 is 35.7 Å². The SMILES string of the molecule is COc1cc2cc(C(=O)CCC3CC[N+](C)(Cc4ccccc4)CC3)sc2cc1OC.[Br-]. The molecule has 4 nitrogen and oxygen atoms in total. The third kappa shape index (κ3) is 5.72. The zero-order valence-corrected chi connectivity index (χ0v) is 21.5. The smallest absolute Gasteiger partial charge is 0.172 e. The summed E-state index contributed by atoms with van der Waals surface area (Å²) in [5.74, 6) is 2.31. The molecule has 0 radical (unpaired) electrons. The van der Waals surface area contributed by atoms with Crippen LogP contribution in [0.5, 0.6) is 11.5 Å². The molecular weight excluding hydrogens is 486 g/mol. The minimum Gasteiger partial charge on any atom is -1.00 e. The molecule has 3 aromatic rings. The molecule has 0 unspecified atom stereocenters. The summed E-state index contributed by atoms with van der Waals surface area (Å²) in [7, 11) is 5.64. The molecule has 1 aliphatic rings. The van der Waals surface area contributed by atoms with Crippen molar-refractivity contribution in [3.63, 3.8) is 0 Å². The van der Waals surface area contributed by atoms with Crippen molar-refractivity contribution in [2.75, 3.05) is 34.4 Å². The molecule has 1 aromatic heterocycles. The molecule has 0 spiro atoms. The number of quaternary nitrogens is 1. The lowest BCUT2D eigenvalue weighted by atomic mass is 9.89. The van der Waals surface area contributed by atoms with Crippen molar-refractivity contribution >= 4 is 27.2 Å². The van der Waals surface area contributed by atoms with Gasteiger partial charge in [0.15, 0.2) is 17.3 Å². The van der Waals surface area contributed by atoms with E-state index in [-0.39, 0.29) is 22.8 Å². The van der Waals surface area contributed by atoms with Gasteiger partial charge in [0.05, 0.1) is 39.2 Å². The first-order valence-corrected chi connectivity index (χ1v) is 11.9. The van der Waals surface area contributed by atoms with Crippen LogP contribution in [0, 0.1) is 5.92 Å². The number of fused-ring (bicyclic) bond motifs is 1. The van der Waals surface area contributed by atoms with Gasteiger partial charge < -0.3 is 30.9 Å². The van der Waals surface area contributed by atoms with Gasteiger partial charge in [0, 0.05) is 22.8 Å². The molecule has 0 saturated carbocycles. The molecule has 2 aromatic carbocycles. The van der Waals surface area contributed by atoms with Gasteiger partial charge in [0.25, 0.3) is 0 Å². The van der Waals surface area contributed by atoms with E-state index in [2.05, 4.69) is 37.4 Å². The van der Waals surface area contributed by atoms with Gasteiger partial charge in [0.1, 0.15) is 6.54 Å². The van der Waals surface area contributed by atoms with Crippen molar-refractivity contribution in [2.45, 2.75) is 32.2 Å². The summed E-state index contributed by atoms with van der Waals surface area (Å²) in [6.07, 6.45) is 4.04. The molecule has 172 valence electrons. The molecule has 6 heteroatoms. The molecule has 0 atom stereocenters. The fourth-order valence-electron chi connectivity index (χ4n) is 4.68. The highest BCUT2D eigenvalue weighted by Crippen LogP contribution is 2.37. The summed E-state index contributed by atoms with van der Waals surface area (Å²) >= 11 is 1.55. The predicted molar refractivity (Wildman–Crippen MR) is 127 cm³/mol. The standard InChI is InChI=1S/C26H32NO3S.BrH/c1-27(18-20-7-5-4-6-8-20)13-11-19(12-14-27)9-10-22(28)26-16-21-15-23(29-2)24(30-3)17-25(21)31-26;/h4-8,15-17,19H,9-14,18H2,1-3H3;1H/q+1;/p-1. The molecule has 2 heterocycles. The molecule has 0 aliphatic carbocycles. The van der Waals surface area contributed by atoms with Crippen LogP contribution in [0.25, 0.3) is 10.1 Å². The number of carbonyl (C=O) groups is 1. The van der Waals surface area contributed by atoms with Crippen molar-refractivity contribution in [1.29, 1.82) is 0 Å². The Bertz CT molecular complexity index is 1000. The highest BCUT2D eigenvalue weighted by Gasteiger charge is 2.30. The van der Waals surface area contributed by atoms with E-state index in [1.54, 1.807) is 25.6 Å². The van der Waals surface area contributed by atoms with Gasteiger partial charge in [-0.2, -0.15) is 0 Å². The predicted octanol–water partition coefficient (Wildman–Crippen LogP) is 2.94. The molecule has 32 heavy (non-hydrogen) atoms. The largest absolute Gasteiger partial charge is 1.00 e. The first-order valence-electron chi connectivity index (χ1n) is 11.1. The molecular formula is C26H32BrNO3S. The Morgan fingerprint density at radius 2 is 1.69 bits per heavy atom. The van der Waals surface area contributed by atoms with Crippen molar-refractivity contribution in [3.8, 4) is 11.5 Å². The Labute approximate surface area is 205 Å². The maximum absolute atomic E-state index is 12.9. The van der Waals surface area contributed by atoms with E-state index in [9.17, 15) is 4.79 Å². The molecule has 0 bridgehead atoms. The fraction of sp³-hybridized carbons (Fsp3) is 0.423. The summed E-state index contributed by atoms with van der Waals surface area (Å²) in [5, 5.41) is 1.04. The summed E-state index contributed by atoms with van der Waals surface area (Å²) in [5.41, 5.74) is 1.41. The molecule has 1 fully saturated rings. The normalized spacial score (nSPS) is 20.5. The van der Waals surface area contributed by atoms with Crippen LogP contribution in [0.4, 0.5) is 0 Å². The number of benzene rings is 2. The second-order valence-electron chi connectivity index (χ2n) is 8.97. The minimum atomic E-state index is 0. The monoisotopic (exact) mass is 517 g/mol. The highest BCUT2D eigenvalue weighted by molar-refractivity contribution is 7.20. The highest BCUT2D eigenvalue weighted by atomic mass is 79.9. The molecule has 0 N–H and O–H groups in total. The first-order chi connectivity index (χ1) is 15.0. The number of carbonyl (C=O) groups excluding carboxylic acids is 1. The van der Waals surface area contributed by atoms with E-state index in [4.69, 9.17) is 9.47 Å². The van der Waals surface area contributed by atoms with Gasteiger partial charge in [-0.15, -0.1) is 11.3 Å². The number of methoxy groups -OCH3 is 2. The van der Waals surface area contributed by atoms with Crippen LogP contribution < -0.4 is 26.5 Å². The van der Waals surface area contributed by atoms with Crippen molar-refractivity contribution in [2.24, 2.45) is 5.92 Å². The van der Waals surface area contributed by atoms with Crippen molar-refractivity contribution in [3.05, 3.63) is 59.0 Å². The Balaban J connectivity index is 0.00000289. The van der Waals surface area contributed by atoms with Crippen molar-refractivity contribution in [1.82, 2.24) is 0 Å². The van der Waals surface area contributed by atoms with E-state index in [0.717, 1.165) is 32.4 Å². The number of rotatable bonds is 8. The van der Waals surface area contributed by atoms with E-state index >= 15 is 0 Å². The van der Waals surface area contributed by atoms with Gasteiger partial charge in [-0.1, -0.05) is 30.3 Å². The maximum atomic E-state index is 12.9. The maximum Gasteiger partial charge on any atom is 0.172 e. The second kappa shape index (κ2) is 10.8. The number of hydrogen-bond donors (Lipinski definition) is 0. The lowest BCUT2D eigenvalue weighted by molar-refractivity contribution is -0.928. The second-order valence-corrected chi connectivity index (χ2v) is 10.1. The Morgan fingerprint density at radius 1 is 1.03 bits per heavy atom. The number of ketones is 1. The topological polar surface area (TPSA) is 35.5 Å². The number of ether oxygens (including phenoxy) is 2. The fourth-order valence-corrected chi connectivity index (χ4v) is 5.72. The van der Waals surface area contributed by atoms with Crippen LogP contribution in [0.1, 0.15) is 40.9 Å². The lowest BCUT2D eigenvalue weighted by Gasteiger charge is -2.40. The van der Waals surface area contributed by atoms with E-state index in [1.807, 2.05) is 18.2 Å². The van der Waals surface area contributed by atoms with Crippen LogP contribution in [0.15, 0.2) is 48.5 Å². The number of piperidine rings is 1. The number of nitrogens with zero attached hydrogens (tertiary/aromatic N) is 1. The van der Waals surface area contributed by atoms with Gasteiger partial charge in [-0.25, -0.2) is 0 Å². The number of Topliss-reactive ketones (excluding diaryl/α,β-unsaturated/α-hetero) is 1. The number of hydrogen-bond acceptors (Lipinski definition) is 4. The Morgan fingerprint density at radius 3 is 2.34 bits per heavy atom. The van der Waals surface area contributed by atoms with Gasteiger partial charge >= 0.3 is 0 Å². The lowest BCUT2D eigenvalue weighted by Crippen LogP contribution is -3.00. The summed E-state index contributed by atoms with van der Waals surface area (Å²) < 4.78 is 12.9. The van der Waals surface area contributed by atoms with Gasteiger partial charge in [-0.05, 0) is 42.7 Å². The van der Waals surface area contributed by atoms with Gasteiger partial charge in [-0.3, -0.25) is 4.79 Å². The van der Waals surface area contributed by atoms with E-state index in [0.29, 0.717) is 23.8 Å². The average Bonchev–Trinajstić information content (AvgIpc) is 3.21. The van der Waals surface area contributed by atoms with Crippen LogP contribution in [-0.2, 0) is 6.54 Å². The van der Waals surface area contributed by atoms with E-state index in [1.165, 1.54) is 31.5 Å². The van der Waals surface area contributed by atoms with Crippen LogP contribution in [0.3, 0.4) is 0 Å². The Kier molecular flexibility index (Phi) is 8.37.